The summed E-state index contributed by atoms with van der Waals surface area (Å²) in [6, 6.07) is 30.0. The largest absolute Gasteiger partial charge is 0.393 e. The summed E-state index contributed by atoms with van der Waals surface area (Å²) >= 11 is 0. The normalized spacial score (nSPS) is 19.9. The molecule has 0 atom stereocenters. The first kappa shape index (κ1) is 17.2. The highest BCUT2D eigenvalue weighted by Crippen LogP contribution is 2.35. The van der Waals surface area contributed by atoms with Gasteiger partial charge in [-0.2, -0.15) is 0 Å². The van der Waals surface area contributed by atoms with Crippen LogP contribution in [0.5, 0.6) is 0 Å². The van der Waals surface area contributed by atoms with Crippen LogP contribution in [0.1, 0.15) is 12.8 Å². The van der Waals surface area contributed by atoms with Gasteiger partial charge in [-0.15, -0.1) is 0 Å². The van der Waals surface area contributed by atoms with Crippen molar-refractivity contribution in [1.82, 2.24) is 0 Å². The number of aliphatic hydroxyl groups excluding tert-OH is 1. The zero-order valence-corrected chi connectivity index (χ0v) is 15.6. The minimum Gasteiger partial charge on any atom is -0.393 e. The molecule has 3 aromatic rings. The Labute approximate surface area is 158 Å². The molecular formula is C23H24NOS+. The number of nitrogens with zero attached hydrogens (tertiary/aromatic N) is 1. The minimum atomic E-state index is -0.0929. The Morgan fingerprint density at radius 2 is 1.12 bits per heavy atom. The molecule has 0 unspecified atom stereocenters. The van der Waals surface area contributed by atoms with Gasteiger partial charge in [0.2, 0.25) is 0 Å². The first-order valence-electron chi connectivity index (χ1n) is 9.17. The van der Waals surface area contributed by atoms with Gasteiger partial charge < -0.3 is 10.0 Å². The molecule has 0 aromatic heterocycles. The predicted molar refractivity (Wildman–Crippen MR) is 112 cm³/mol. The van der Waals surface area contributed by atoms with Crippen LogP contribution in [0.25, 0.3) is 0 Å². The Morgan fingerprint density at radius 1 is 0.654 bits per heavy atom. The van der Waals surface area contributed by atoms with Crippen LogP contribution in [0.15, 0.2) is 89.8 Å². The third-order valence-electron chi connectivity index (χ3n) is 4.85. The average molecular weight is 363 g/mol. The molecule has 1 heterocycles. The predicted octanol–water partition coefficient (Wildman–Crippen LogP) is 5.29. The van der Waals surface area contributed by atoms with E-state index >= 15 is 0 Å². The molecule has 3 heteroatoms. The van der Waals surface area contributed by atoms with Gasteiger partial charge in [-0.3, -0.25) is 0 Å². The quantitative estimate of drug-likeness (QED) is 0.638. The van der Waals surface area contributed by atoms with E-state index in [2.05, 4.69) is 77.7 Å². The third-order valence-corrected chi connectivity index (χ3v) is 7.25. The van der Waals surface area contributed by atoms with E-state index < -0.39 is 0 Å². The van der Waals surface area contributed by atoms with Gasteiger partial charge in [0, 0.05) is 40.8 Å². The zero-order chi connectivity index (χ0) is 17.8. The van der Waals surface area contributed by atoms with E-state index in [0.717, 1.165) is 35.7 Å². The van der Waals surface area contributed by atoms with Gasteiger partial charge in [0.05, 0.1) is 6.10 Å². The fourth-order valence-corrected chi connectivity index (χ4v) is 5.74. The van der Waals surface area contributed by atoms with Crippen molar-refractivity contribution >= 4 is 28.0 Å². The Balaban J connectivity index is 1.64. The maximum atomic E-state index is 9.74. The molecular weight excluding hydrogens is 338 g/mol. The number of rotatable bonds is 4. The van der Waals surface area contributed by atoms with Crippen molar-refractivity contribution in [2.75, 3.05) is 16.4 Å². The summed E-state index contributed by atoms with van der Waals surface area (Å²) in [7, 11) is 0.282. The summed E-state index contributed by atoms with van der Waals surface area (Å²) in [5, 5.41) is 9.74. The molecule has 2 nitrogen and oxygen atoms in total. The van der Waals surface area contributed by atoms with Gasteiger partial charge in [0.1, 0.15) is 11.5 Å². The van der Waals surface area contributed by atoms with Crippen molar-refractivity contribution in [3.63, 3.8) is 0 Å². The molecule has 0 spiro atoms. The molecule has 0 saturated carbocycles. The molecule has 0 aliphatic carbocycles. The van der Waals surface area contributed by atoms with E-state index in [1.807, 2.05) is 12.1 Å². The van der Waals surface area contributed by atoms with E-state index in [0.29, 0.717) is 0 Å². The number of hydrogen-bond acceptors (Lipinski definition) is 2. The molecule has 4 rings (SSSR count). The molecule has 1 aliphatic rings. The molecule has 1 N–H and O–H groups in total. The molecule has 1 saturated heterocycles. The van der Waals surface area contributed by atoms with Crippen LogP contribution in [0.2, 0.25) is 0 Å². The number of aliphatic hydroxyl groups is 1. The highest BCUT2D eigenvalue weighted by atomic mass is 32.2. The summed E-state index contributed by atoms with van der Waals surface area (Å²) in [6.45, 7) is 0. The first-order chi connectivity index (χ1) is 12.8. The van der Waals surface area contributed by atoms with E-state index in [4.69, 9.17) is 0 Å². The van der Waals surface area contributed by atoms with Gasteiger partial charge in [-0.25, -0.2) is 0 Å². The van der Waals surface area contributed by atoms with Crippen LogP contribution in [0.3, 0.4) is 0 Å². The number of benzene rings is 3. The lowest BCUT2D eigenvalue weighted by molar-refractivity contribution is 0.165. The average Bonchev–Trinajstić information content (AvgIpc) is 2.71. The van der Waals surface area contributed by atoms with E-state index in [9.17, 15) is 5.11 Å². The van der Waals surface area contributed by atoms with Crippen LogP contribution in [-0.2, 0) is 10.9 Å². The van der Waals surface area contributed by atoms with Crippen molar-refractivity contribution in [1.29, 1.82) is 0 Å². The molecule has 0 amide bonds. The van der Waals surface area contributed by atoms with Crippen LogP contribution in [0.4, 0.5) is 17.1 Å². The van der Waals surface area contributed by atoms with Crippen LogP contribution < -0.4 is 4.90 Å². The number of hydrogen-bond donors (Lipinski definition) is 1. The second-order valence-corrected chi connectivity index (χ2v) is 8.91. The number of para-hydroxylation sites is 2. The Kier molecular flexibility index (Phi) is 5.28. The van der Waals surface area contributed by atoms with Gasteiger partial charge in [0.25, 0.3) is 0 Å². The van der Waals surface area contributed by atoms with Crippen molar-refractivity contribution < 1.29 is 5.11 Å². The molecule has 0 bridgehead atoms. The molecule has 1 aliphatic heterocycles. The lowest BCUT2D eigenvalue weighted by atomic mass is 10.2. The van der Waals surface area contributed by atoms with Gasteiger partial charge in [-0.05, 0) is 48.5 Å². The number of anilines is 3. The van der Waals surface area contributed by atoms with E-state index in [1.54, 1.807) is 0 Å². The molecule has 3 aromatic carbocycles. The smallest absolute Gasteiger partial charge is 0.155 e. The SMILES string of the molecule is OC1CC[S+](c2ccc(N(c3ccccc3)c3ccccc3)cc2)CC1. The van der Waals surface area contributed by atoms with Crippen LogP contribution >= 0.6 is 0 Å². The molecule has 0 radical (unpaired) electrons. The second-order valence-electron chi connectivity index (χ2n) is 6.63. The highest BCUT2D eigenvalue weighted by molar-refractivity contribution is 7.96. The molecule has 132 valence electrons. The standard InChI is InChI=1S/C23H24NOS/c25-22-15-17-26(18-16-22)23-13-11-21(12-14-23)24(19-7-3-1-4-8-19)20-9-5-2-6-10-20/h1-14,22,25H,15-18H2/q+1. The third kappa shape index (κ3) is 3.79. The summed E-state index contributed by atoms with van der Waals surface area (Å²) < 4.78 is 0. The topological polar surface area (TPSA) is 23.5 Å². The maximum absolute atomic E-state index is 9.74. The van der Waals surface area contributed by atoms with Crippen molar-refractivity contribution in [3.05, 3.63) is 84.9 Å². The Hall–Kier alpha value is -2.23. The van der Waals surface area contributed by atoms with Crippen LogP contribution in [0, 0.1) is 0 Å². The second kappa shape index (κ2) is 7.98. The highest BCUT2D eigenvalue weighted by Gasteiger charge is 2.29. The minimum absolute atomic E-state index is 0.0929. The molecule has 1 fully saturated rings. The first-order valence-corrected chi connectivity index (χ1v) is 10.7. The fraction of sp³-hybridized carbons (Fsp3) is 0.217. The molecule has 26 heavy (non-hydrogen) atoms. The summed E-state index contributed by atoms with van der Waals surface area (Å²) in [6.07, 6.45) is 1.78. The lowest BCUT2D eigenvalue weighted by Crippen LogP contribution is -2.26. The fourth-order valence-electron chi connectivity index (χ4n) is 3.43. The Bertz CT molecular complexity index is 772. The van der Waals surface area contributed by atoms with Gasteiger partial charge >= 0.3 is 0 Å². The van der Waals surface area contributed by atoms with Crippen molar-refractivity contribution in [3.8, 4) is 0 Å². The van der Waals surface area contributed by atoms with Crippen molar-refractivity contribution in [2.24, 2.45) is 0 Å². The van der Waals surface area contributed by atoms with Gasteiger partial charge in [-0.1, -0.05) is 36.4 Å². The Morgan fingerprint density at radius 3 is 1.62 bits per heavy atom. The van der Waals surface area contributed by atoms with E-state index in [1.165, 1.54) is 10.6 Å². The summed E-state index contributed by atoms with van der Waals surface area (Å²) in [5.74, 6) is 2.23. The van der Waals surface area contributed by atoms with Crippen molar-refractivity contribution in [2.45, 2.75) is 23.8 Å². The lowest BCUT2D eigenvalue weighted by Gasteiger charge is -2.25. The monoisotopic (exact) mass is 362 g/mol. The van der Waals surface area contributed by atoms with Gasteiger partial charge in [0.15, 0.2) is 4.90 Å². The zero-order valence-electron chi connectivity index (χ0n) is 14.8. The van der Waals surface area contributed by atoms with Crippen LogP contribution in [-0.4, -0.2) is 22.7 Å². The van der Waals surface area contributed by atoms with E-state index in [-0.39, 0.29) is 17.0 Å². The maximum Gasteiger partial charge on any atom is 0.155 e. The summed E-state index contributed by atoms with van der Waals surface area (Å²) in [5.41, 5.74) is 3.50. The summed E-state index contributed by atoms with van der Waals surface area (Å²) in [4.78, 5) is 3.71.